The van der Waals surface area contributed by atoms with Crippen molar-refractivity contribution in [3.8, 4) is 0 Å². The quantitative estimate of drug-likeness (QED) is 0.905. The highest BCUT2D eigenvalue weighted by atomic mass is 32.1. The third-order valence-corrected chi connectivity index (χ3v) is 6.20. The molecule has 0 bridgehead atoms. The van der Waals surface area contributed by atoms with E-state index in [0.29, 0.717) is 0 Å². The fourth-order valence-corrected chi connectivity index (χ4v) is 4.94. The lowest BCUT2D eigenvalue weighted by molar-refractivity contribution is 0.152. The van der Waals surface area contributed by atoms with E-state index in [-0.39, 0.29) is 11.5 Å². The minimum atomic E-state index is -0.336. The molecule has 2 aliphatic rings. The summed E-state index contributed by atoms with van der Waals surface area (Å²) in [5.41, 5.74) is 2.49. The molecule has 0 spiro atoms. The van der Waals surface area contributed by atoms with Gasteiger partial charge in [0.1, 0.15) is 5.01 Å². The summed E-state index contributed by atoms with van der Waals surface area (Å²) in [6, 6.07) is 10.8. The van der Waals surface area contributed by atoms with Crippen LogP contribution in [0, 0.1) is 0 Å². The second kappa shape index (κ2) is 4.68. The maximum absolute atomic E-state index is 10.1. The first-order valence-corrected chi connectivity index (χ1v) is 8.35. The number of aliphatic hydroxyl groups excluding tert-OH is 1. The summed E-state index contributed by atoms with van der Waals surface area (Å²) >= 11 is 1.85. The van der Waals surface area contributed by atoms with Crippen LogP contribution in [0.5, 0.6) is 0 Å². The minimum absolute atomic E-state index is 0.128. The summed E-state index contributed by atoms with van der Waals surface area (Å²) in [6.07, 6.45) is 6.38. The zero-order valence-electron chi connectivity index (χ0n) is 11.5. The van der Waals surface area contributed by atoms with Gasteiger partial charge in [0.2, 0.25) is 0 Å². The smallest absolute Gasteiger partial charge is 0.104 e. The third-order valence-electron chi connectivity index (χ3n) is 4.87. The molecule has 1 aromatic carbocycles. The van der Waals surface area contributed by atoms with Gasteiger partial charge in [-0.3, -0.25) is 0 Å². The first kappa shape index (κ1) is 12.5. The van der Waals surface area contributed by atoms with Crippen LogP contribution in [-0.4, -0.2) is 10.1 Å². The van der Waals surface area contributed by atoms with Crippen molar-refractivity contribution in [2.24, 2.45) is 0 Å². The summed E-state index contributed by atoms with van der Waals surface area (Å²) < 4.78 is 0. The van der Waals surface area contributed by atoms with Gasteiger partial charge in [0.05, 0.1) is 11.8 Å². The first-order chi connectivity index (χ1) is 9.79. The van der Waals surface area contributed by atoms with Crippen molar-refractivity contribution in [3.63, 3.8) is 0 Å². The fraction of sp³-hybridized carbons (Fsp3) is 0.471. The number of aliphatic hydroxyl groups is 1. The van der Waals surface area contributed by atoms with Gasteiger partial charge in [-0.05, 0) is 37.7 Å². The normalized spacial score (nSPS) is 23.9. The van der Waals surface area contributed by atoms with Gasteiger partial charge in [0.25, 0.3) is 0 Å². The molecule has 1 saturated carbocycles. The van der Waals surface area contributed by atoms with E-state index in [1.54, 1.807) is 0 Å². The van der Waals surface area contributed by atoms with Gasteiger partial charge < -0.3 is 5.11 Å². The number of aromatic nitrogens is 1. The van der Waals surface area contributed by atoms with E-state index in [0.717, 1.165) is 25.0 Å². The van der Waals surface area contributed by atoms with Crippen molar-refractivity contribution in [1.29, 1.82) is 0 Å². The van der Waals surface area contributed by atoms with Crippen molar-refractivity contribution in [2.45, 2.75) is 50.0 Å². The predicted molar refractivity (Wildman–Crippen MR) is 81.1 cm³/mol. The SMILES string of the molecule is OC1CCCc2sc(C3(c4ccccc4)CCC3)nc21. The number of rotatable bonds is 2. The molecule has 4 rings (SSSR count). The number of hydrogen-bond acceptors (Lipinski definition) is 3. The Bertz CT molecular complexity index is 615. The van der Waals surface area contributed by atoms with Gasteiger partial charge in [0.15, 0.2) is 0 Å². The van der Waals surface area contributed by atoms with Gasteiger partial charge in [-0.15, -0.1) is 11.3 Å². The highest BCUT2D eigenvalue weighted by molar-refractivity contribution is 7.12. The average Bonchev–Trinajstić information content (AvgIpc) is 2.84. The molecule has 0 aliphatic heterocycles. The van der Waals surface area contributed by atoms with Crippen LogP contribution in [0.3, 0.4) is 0 Å². The van der Waals surface area contributed by atoms with Crippen LogP contribution in [0.2, 0.25) is 0 Å². The number of aryl methyl sites for hydroxylation is 1. The van der Waals surface area contributed by atoms with Gasteiger partial charge in [-0.2, -0.15) is 0 Å². The van der Waals surface area contributed by atoms with Crippen molar-refractivity contribution in [3.05, 3.63) is 51.5 Å². The number of fused-ring (bicyclic) bond motifs is 1. The molecule has 1 N–H and O–H groups in total. The van der Waals surface area contributed by atoms with Gasteiger partial charge in [-0.25, -0.2) is 4.98 Å². The van der Waals surface area contributed by atoms with Crippen molar-refractivity contribution in [1.82, 2.24) is 4.98 Å². The Kier molecular flexibility index (Phi) is 2.93. The highest BCUT2D eigenvalue weighted by Gasteiger charge is 2.43. The Labute approximate surface area is 123 Å². The van der Waals surface area contributed by atoms with E-state index in [1.165, 1.54) is 34.7 Å². The largest absolute Gasteiger partial charge is 0.387 e. The molecular weight excluding hydrogens is 266 g/mol. The summed E-state index contributed by atoms with van der Waals surface area (Å²) in [5.74, 6) is 0. The van der Waals surface area contributed by atoms with Crippen molar-refractivity contribution >= 4 is 11.3 Å². The van der Waals surface area contributed by atoms with Crippen LogP contribution >= 0.6 is 11.3 Å². The highest BCUT2D eigenvalue weighted by Crippen LogP contribution is 2.51. The predicted octanol–water partition coefficient (Wildman–Crippen LogP) is 3.98. The zero-order chi connectivity index (χ0) is 13.6. The van der Waals surface area contributed by atoms with E-state index in [4.69, 9.17) is 4.98 Å². The maximum Gasteiger partial charge on any atom is 0.104 e. The molecule has 2 aliphatic carbocycles. The van der Waals surface area contributed by atoms with Crippen molar-refractivity contribution in [2.75, 3.05) is 0 Å². The van der Waals surface area contributed by atoms with Crippen LogP contribution < -0.4 is 0 Å². The van der Waals surface area contributed by atoms with E-state index in [9.17, 15) is 5.11 Å². The molecule has 1 unspecified atom stereocenters. The third kappa shape index (κ3) is 1.76. The Morgan fingerprint density at radius 2 is 1.95 bits per heavy atom. The molecule has 2 nitrogen and oxygen atoms in total. The van der Waals surface area contributed by atoms with Crippen LogP contribution in [0.25, 0.3) is 0 Å². The summed E-state index contributed by atoms with van der Waals surface area (Å²) in [4.78, 5) is 6.19. The maximum atomic E-state index is 10.1. The second-order valence-corrected chi connectivity index (χ2v) is 7.12. The van der Waals surface area contributed by atoms with Crippen LogP contribution in [-0.2, 0) is 11.8 Å². The molecule has 1 heterocycles. The first-order valence-electron chi connectivity index (χ1n) is 7.53. The number of benzene rings is 1. The zero-order valence-corrected chi connectivity index (χ0v) is 12.3. The fourth-order valence-electron chi connectivity index (χ4n) is 3.51. The molecule has 20 heavy (non-hydrogen) atoms. The number of thiazole rings is 1. The molecule has 0 amide bonds. The Hall–Kier alpha value is -1.19. The Balaban J connectivity index is 1.79. The molecular formula is C17H19NOS. The lowest BCUT2D eigenvalue weighted by atomic mass is 9.65. The molecule has 3 heteroatoms. The van der Waals surface area contributed by atoms with Crippen molar-refractivity contribution < 1.29 is 5.11 Å². The van der Waals surface area contributed by atoms with E-state index in [2.05, 4.69) is 30.3 Å². The lowest BCUT2D eigenvalue weighted by Crippen LogP contribution is -2.35. The molecule has 0 radical (unpaired) electrons. The van der Waals surface area contributed by atoms with Gasteiger partial charge in [0, 0.05) is 10.3 Å². The van der Waals surface area contributed by atoms with Gasteiger partial charge >= 0.3 is 0 Å². The Morgan fingerprint density at radius 1 is 1.15 bits per heavy atom. The summed E-state index contributed by atoms with van der Waals surface area (Å²) in [5, 5.41) is 11.4. The topological polar surface area (TPSA) is 33.1 Å². The summed E-state index contributed by atoms with van der Waals surface area (Å²) in [7, 11) is 0. The van der Waals surface area contributed by atoms with Crippen LogP contribution in [0.4, 0.5) is 0 Å². The number of nitrogens with zero attached hydrogens (tertiary/aromatic N) is 1. The summed E-state index contributed by atoms with van der Waals surface area (Å²) in [6.45, 7) is 0. The molecule has 2 aromatic rings. The molecule has 1 atom stereocenters. The minimum Gasteiger partial charge on any atom is -0.387 e. The second-order valence-electron chi connectivity index (χ2n) is 6.04. The standard InChI is InChI=1S/C17H19NOS/c19-13-8-4-9-14-15(13)18-16(20-14)17(10-5-11-17)12-6-2-1-3-7-12/h1-3,6-7,13,19H,4-5,8-11H2. The van der Waals surface area contributed by atoms with Gasteiger partial charge in [-0.1, -0.05) is 36.8 Å². The lowest BCUT2D eigenvalue weighted by Gasteiger charge is -2.40. The Morgan fingerprint density at radius 3 is 2.60 bits per heavy atom. The number of hydrogen-bond donors (Lipinski definition) is 1. The average molecular weight is 285 g/mol. The van der Waals surface area contributed by atoms with E-state index < -0.39 is 0 Å². The van der Waals surface area contributed by atoms with Crippen LogP contribution in [0.1, 0.15) is 59.4 Å². The monoisotopic (exact) mass is 285 g/mol. The van der Waals surface area contributed by atoms with E-state index in [1.807, 2.05) is 11.3 Å². The van der Waals surface area contributed by atoms with E-state index >= 15 is 0 Å². The molecule has 104 valence electrons. The molecule has 1 fully saturated rings. The molecule has 1 aromatic heterocycles. The molecule has 0 saturated heterocycles. The van der Waals surface area contributed by atoms with Crippen LogP contribution in [0.15, 0.2) is 30.3 Å².